The molecule has 0 atom stereocenters. The SMILES string of the molecule is Cc1ccc(-c2csc(=O)n2Cc2ccc(N)cc2)cc1. The average Bonchev–Trinajstić information content (AvgIpc) is 2.84. The number of nitrogens with two attached hydrogens (primary N) is 1. The predicted octanol–water partition coefficient (Wildman–Crippen LogP) is 3.52. The molecular formula is C17H16N2OS. The zero-order chi connectivity index (χ0) is 14.8. The molecule has 0 aliphatic heterocycles. The lowest BCUT2D eigenvalue weighted by Gasteiger charge is -2.08. The van der Waals surface area contributed by atoms with Gasteiger partial charge in [0, 0.05) is 11.1 Å². The maximum absolute atomic E-state index is 12.1. The van der Waals surface area contributed by atoms with Crippen molar-refractivity contribution in [2.75, 3.05) is 5.73 Å². The Balaban J connectivity index is 1.99. The van der Waals surface area contributed by atoms with Gasteiger partial charge in [0.25, 0.3) is 0 Å². The van der Waals surface area contributed by atoms with E-state index in [1.54, 1.807) is 4.57 Å². The molecule has 2 aromatic carbocycles. The monoisotopic (exact) mass is 296 g/mol. The topological polar surface area (TPSA) is 48.0 Å². The van der Waals surface area contributed by atoms with Crippen LogP contribution in [-0.2, 0) is 6.54 Å². The number of aromatic nitrogens is 1. The highest BCUT2D eigenvalue weighted by molar-refractivity contribution is 7.07. The Labute approximate surface area is 127 Å². The van der Waals surface area contributed by atoms with Crippen molar-refractivity contribution < 1.29 is 0 Å². The number of thiazole rings is 1. The predicted molar refractivity (Wildman–Crippen MR) is 88.7 cm³/mol. The summed E-state index contributed by atoms with van der Waals surface area (Å²) in [6.45, 7) is 2.62. The standard InChI is InChI=1S/C17H16N2OS/c1-12-2-6-14(7-3-12)16-11-21-17(20)19(16)10-13-4-8-15(18)9-5-13/h2-9,11H,10,18H2,1H3. The molecule has 0 saturated heterocycles. The summed E-state index contributed by atoms with van der Waals surface area (Å²) in [7, 11) is 0. The van der Waals surface area contributed by atoms with Gasteiger partial charge in [-0.25, -0.2) is 0 Å². The second kappa shape index (κ2) is 5.58. The smallest absolute Gasteiger partial charge is 0.307 e. The number of nitrogens with zero attached hydrogens (tertiary/aromatic N) is 1. The maximum Gasteiger partial charge on any atom is 0.307 e. The molecule has 106 valence electrons. The normalized spacial score (nSPS) is 10.7. The Kier molecular flexibility index (Phi) is 3.62. The second-order valence-electron chi connectivity index (χ2n) is 5.08. The van der Waals surface area contributed by atoms with Gasteiger partial charge >= 0.3 is 4.87 Å². The molecule has 0 unspecified atom stereocenters. The molecule has 1 aromatic heterocycles. The van der Waals surface area contributed by atoms with Crippen LogP contribution in [0.4, 0.5) is 5.69 Å². The Morgan fingerprint density at radius 2 is 1.71 bits per heavy atom. The molecule has 21 heavy (non-hydrogen) atoms. The molecule has 0 amide bonds. The first-order chi connectivity index (χ1) is 10.1. The van der Waals surface area contributed by atoms with E-state index in [1.165, 1.54) is 16.9 Å². The molecular weight excluding hydrogens is 280 g/mol. The molecule has 0 spiro atoms. The van der Waals surface area contributed by atoms with E-state index in [2.05, 4.69) is 31.2 Å². The molecule has 0 fully saturated rings. The van der Waals surface area contributed by atoms with Crippen LogP contribution < -0.4 is 10.6 Å². The number of nitrogen functional groups attached to an aromatic ring is 1. The van der Waals surface area contributed by atoms with E-state index in [1.807, 2.05) is 29.6 Å². The third-order valence-corrected chi connectivity index (χ3v) is 4.21. The molecule has 4 heteroatoms. The van der Waals surface area contributed by atoms with Crippen molar-refractivity contribution in [2.24, 2.45) is 0 Å². The van der Waals surface area contributed by atoms with Crippen molar-refractivity contribution in [3.05, 3.63) is 74.7 Å². The summed E-state index contributed by atoms with van der Waals surface area (Å²) in [4.78, 5) is 12.2. The molecule has 0 aliphatic carbocycles. The third kappa shape index (κ3) is 2.90. The third-order valence-electron chi connectivity index (χ3n) is 3.45. The first-order valence-corrected chi connectivity index (χ1v) is 7.61. The maximum atomic E-state index is 12.1. The molecule has 2 N–H and O–H groups in total. The van der Waals surface area contributed by atoms with Crippen LogP contribution in [0.1, 0.15) is 11.1 Å². The van der Waals surface area contributed by atoms with Crippen LogP contribution in [0.15, 0.2) is 58.7 Å². The number of aryl methyl sites for hydroxylation is 1. The molecule has 3 nitrogen and oxygen atoms in total. The van der Waals surface area contributed by atoms with Gasteiger partial charge in [0.2, 0.25) is 0 Å². The lowest BCUT2D eigenvalue weighted by molar-refractivity contribution is 0.792. The van der Waals surface area contributed by atoms with Gasteiger partial charge in [0.1, 0.15) is 0 Å². The van der Waals surface area contributed by atoms with Crippen molar-refractivity contribution in [1.29, 1.82) is 0 Å². The number of hydrogen-bond acceptors (Lipinski definition) is 3. The van der Waals surface area contributed by atoms with Gasteiger partial charge in [-0.3, -0.25) is 9.36 Å². The number of rotatable bonds is 3. The number of benzene rings is 2. The van der Waals surface area contributed by atoms with Gasteiger partial charge in [-0.1, -0.05) is 53.3 Å². The summed E-state index contributed by atoms with van der Waals surface area (Å²) >= 11 is 1.24. The summed E-state index contributed by atoms with van der Waals surface area (Å²) in [6, 6.07) is 15.9. The fourth-order valence-electron chi connectivity index (χ4n) is 2.24. The van der Waals surface area contributed by atoms with Crippen molar-refractivity contribution >= 4 is 17.0 Å². The van der Waals surface area contributed by atoms with E-state index >= 15 is 0 Å². The highest BCUT2D eigenvalue weighted by atomic mass is 32.1. The van der Waals surface area contributed by atoms with E-state index in [9.17, 15) is 4.79 Å². The fraction of sp³-hybridized carbons (Fsp3) is 0.118. The van der Waals surface area contributed by atoms with Crippen LogP contribution in [0.25, 0.3) is 11.3 Å². The Morgan fingerprint density at radius 3 is 2.38 bits per heavy atom. The molecule has 0 saturated carbocycles. The molecule has 3 rings (SSSR count). The number of hydrogen-bond donors (Lipinski definition) is 1. The molecule has 0 radical (unpaired) electrons. The van der Waals surface area contributed by atoms with Gasteiger partial charge in [0.05, 0.1) is 12.2 Å². The Bertz CT molecular complexity index is 798. The summed E-state index contributed by atoms with van der Waals surface area (Å²) < 4.78 is 1.81. The second-order valence-corrected chi connectivity index (χ2v) is 5.90. The first-order valence-electron chi connectivity index (χ1n) is 6.73. The van der Waals surface area contributed by atoms with Gasteiger partial charge < -0.3 is 5.73 Å². The largest absolute Gasteiger partial charge is 0.399 e. The van der Waals surface area contributed by atoms with Crippen LogP contribution in [0.5, 0.6) is 0 Å². The minimum atomic E-state index is 0.0578. The minimum absolute atomic E-state index is 0.0578. The average molecular weight is 296 g/mol. The molecule has 1 heterocycles. The van der Waals surface area contributed by atoms with Crippen LogP contribution in [0, 0.1) is 6.92 Å². The van der Waals surface area contributed by atoms with Crippen LogP contribution in [-0.4, -0.2) is 4.57 Å². The van der Waals surface area contributed by atoms with Gasteiger partial charge in [-0.05, 0) is 30.2 Å². The van der Waals surface area contributed by atoms with Crippen LogP contribution in [0.3, 0.4) is 0 Å². The van der Waals surface area contributed by atoms with Crippen molar-refractivity contribution in [1.82, 2.24) is 4.57 Å². The van der Waals surface area contributed by atoms with Crippen molar-refractivity contribution in [3.63, 3.8) is 0 Å². The minimum Gasteiger partial charge on any atom is -0.399 e. The van der Waals surface area contributed by atoms with E-state index < -0.39 is 0 Å². The lowest BCUT2D eigenvalue weighted by Crippen LogP contribution is -2.15. The Morgan fingerprint density at radius 1 is 1.05 bits per heavy atom. The van der Waals surface area contributed by atoms with E-state index in [0.29, 0.717) is 6.54 Å². The summed E-state index contributed by atoms with van der Waals surface area (Å²) in [5, 5.41) is 1.92. The summed E-state index contributed by atoms with van der Waals surface area (Å²) in [6.07, 6.45) is 0. The van der Waals surface area contributed by atoms with Gasteiger partial charge in [-0.2, -0.15) is 0 Å². The van der Waals surface area contributed by atoms with Gasteiger partial charge in [0.15, 0.2) is 0 Å². The lowest BCUT2D eigenvalue weighted by atomic mass is 10.1. The zero-order valence-corrected chi connectivity index (χ0v) is 12.6. The number of anilines is 1. The summed E-state index contributed by atoms with van der Waals surface area (Å²) in [5.41, 5.74) is 10.7. The fourth-order valence-corrected chi connectivity index (χ4v) is 3.00. The first kappa shape index (κ1) is 13.6. The molecule has 0 aliphatic rings. The molecule has 0 bridgehead atoms. The van der Waals surface area contributed by atoms with E-state index in [-0.39, 0.29) is 4.87 Å². The quantitative estimate of drug-likeness (QED) is 0.752. The highest BCUT2D eigenvalue weighted by Crippen LogP contribution is 2.21. The molecule has 3 aromatic rings. The van der Waals surface area contributed by atoms with Crippen LogP contribution >= 0.6 is 11.3 Å². The van der Waals surface area contributed by atoms with Crippen molar-refractivity contribution in [3.8, 4) is 11.3 Å². The van der Waals surface area contributed by atoms with E-state index in [0.717, 1.165) is 22.5 Å². The Hall–Kier alpha value is -2.33. The van der Waals surface area contributed by atoms with Crippen LogP contribution in [0.2, 0.25) is 0 Å². The summed E-state index contributed by atoms with van der Waals surface area (Å²) in [5.74, 6) is 0. The van der Waals surface area contributed by atoms with Gasteiger partial charge in [-0.15, -0.1) is 0 Å². The van der Waals surface area contributed by atoms with Crippen molar-refractivity contribution in [2.45, 2.75) is 13.5 Å². The van der Waals surface area contributed by atoms with E-state index in [4.69, 9.17) is 5.73 Å². The zero-order valence-electron chi connectivity index (χ0n) is 11.7. The highest BCUT2D eigenvalue weighted by Gasteiger charge is 2.09.